The van der Waals surface area contributed by atoms with Crippen molar-refractivity contribution in [1.82, 2.24) is 0 Å². The molecule has 1 atom stereocenters. The number of aliphatic hydroxyl groups excluding tert-OH is 2. The summed E-state index contributed by atoms with van der Waals surface area (Å²) in [6.07, 6.45) is -0.675. The van der Waals surface area contributed by atoms with Crippen LogP contribution in [0.1, 0.15) is 5.56 Å². The predicted molar refractivity (Wildman–Crippen MR) is 60.6 cm³/mol. The van der Waals surface area contributed by atoms with Gasteiger partial charge in [-0.15, -0.1) is 0 Å². The fourth-order valence-electron chi connectivity index (χ4n) is 1.24. The van der Waals surface area contributed by atoms with E-state index in [1.807, 2.05) is 31.2 Å². The maximum absolute atomic E-state index is 9.50. The van der Waals surface area contributed by atoms with Crippen LogP contribution in [0.25, 0.3) is 0 Å². The maximum Gasteiger partial charge on any atom is 0.122 e. The third-order valence-electron chi connectivity index (χ3n) is 2.07. The number of ether oxygens (including phenoxy) is 2. The van der Waals surface area contributed by atoms with Gasteiger partial charge in [0.15, 0.2) is 0 Å². The molecule has 1 aromatic carbocycles. The van der Waals surface area contributed by atoms with Gasteiger partial charge in [-0.3, -0.25) is 0 Å². The van der Waals surface area contributed by atoms with E-state index in [2.05, 4.69) is 0 Å². The zero-order valence-electron chi connectivity index (χ0n) is 9.43. The number of benzene rings is 1. The molecule has 0 aromatic heterocycles. The molecule has 16 heavy (non-hydrogen) atoms. The Labute approximate surface area is 95.4 Å². The van der Waals surface area contributed by atoms with Crippen molar-refractivity contribution in [3.63, 3.8) is 0 Å². The monoisotopic (exact) mass is 226 g/mol. The lowest BCUT2D eigenvalue weighted by Gasteiger charge is -2.13. The third kappa shape index (κ3) is 4.61. The van der Waals surface area contributed by atoms with E-state index in [1.165, 1.54) is 0 Å². The van der Waals surface area contributed by atoms with Crippen LogP contribution in [0.5, 0.6) is 5.75 Å². The van der Waals surface area contributed by atoms with Crippen molar-refractivity contribution in [2.45, 2.75) is 13.0 Å². The molecule has 0 aliphatic carbocycles. The van der Waals surface area contributed by atoms with Crippen LogP contribution < -0.4 is 4.74 Å². The first-order valence-corrected chi connectivity index (χ1v) is 5.29. The molecular formula is C12H18O4. The molecule has 1 aromatic rings. The first kappa shape index (κ1) is 13.0. The molecular weight excluding hydrogens is 208 g/mol. The first-order chi connectivity index (χ1) is 7.74. The highest BCUT2D eigenvalue weighted by atomic mass is 16.5. The zero-order chi connectivity index (χ0) is 11.8. The normalized spacial score (nSPS) is 12.4. The molecule has 2 N–H and O–H groups in total. The van der Waals surface area contributed by atoms with Crippen LogP contribution in [0, 0.1) is 6.92 Å². The van der Waals surface area contributed by atoms with Gasteiger partial charge in [-0.05, 0) is 18.6 Å². The van der Waals surface area contributed by atoms with Gasteiger partial charge in [-0.25, -0.2) is 0 Å². The highest BCUT2D eigenvalue weighted by molar-refractivity contribution is 5.31. The molecule has 0 aliphatic rings. The van der Waals surface area contributed by atoms with Crippen molar-refractivity contribution < 1.29 is 19.7 Å². The zero-order valence-corrected chi connectivity index (χ0v) is 9.43. The van der Waals surface area contributed by atoms with Gasteiger partial charge in [0, 0.05) is 0 Å². The van der Waals surface area contributed by atoms with Gasteiger partial charge in [0.1, 0.15) is 18.5 Å². The summed E-state index contributed by atoms with van der Waals surface area (Å²) in [7, 11) is 0. The molecule has 0 fully saturated rings. The summed E-state index contributed by atoms with van der Waals surface area (Å²) < 4.78 is 10.4. The quantitative estimate of drug-likeness (QED) is 0.673. The number of aliphatic hydroxyl groups is 2. The number of hydrogen-bond donors (Lipinski definition) is 2. The van der Waals surface area contributed by atoms with Crippen molar-refractivity contribution in [1.29, 1.82) is 0 Å². The van der Waals surface area contributed by atoms with Gasteiger partial charge in [-0.2, -0.15) is 0 Å². The van der Waals surface area contributed by atoms with Gasteiger partial charge < -0.3 is 19.7 Å². The van der Waals surface area contributed by atoms with Crippen molar-refractivity contribution >= 4 is 0 Å². The lowest BCUT2D eigenvalue weighted by atomic mass is 10.2. The summed E-state index contributed by atoms with van der Waals surface area (Å²) in [4.78, 5) is 0. The number of aryl methyl sites for hydroxylation is 1. The molecule has 90 valence electrons. The Morgan fingerprint density at radius 2 is 2.00 bits per heavy atom. The second-order valence-corrected chi connectivity index (χ2v) is 3.53. The summed E-state index contributed by atoms with van der Waals surface area (Å²) in [5.74, 6) is 0.767. The molecule has 0 saturated carbocycles. The minimum atomic E-state index is -0.675. The van der Waals surface area contributed by atoms with Crippen molar-refractivity contribution in [3.05, 3.63) is 29.8 Å². The van der Waals surface area contributed by atoms with Crippen LogP contribution >= 0.6 is 0 Å². The molecule has 0 radical (unpaired) electrons. The van der Waals surface area contributed by atoms with Crippen LogP contribution in [0.3, 0.4) is 0 Å². The Bertz CT molecular complexity index is 301. The number of rotatable bonds is 7. The van der Waals surface area contributed by atoms with Gasteiger partial charge in [-0.1, -0.05) is 18.2 Å². The number of hydrogen-bond acceptors (Lipinski definition) is 4. The van der Waals surface area contributed by atoms with Crippen LogP contribution in [-0.4, -0.2) is 42.7 Å². The maximum atomic E-state index is 9.50. The van der Waals surface area contributed by atoms with E-state index in [9.17, 15) is 5.11 Å². The molecule has 4 nitrogen and oxygen atoms in total. The fourth-order valence-corrected chi connectivity index (χ4v) is 1.24. The molecule has 0 saturated heterocycles. The molecule has 1 unspecified atom stereocenters. The van der Waals surface area contributed by atoms with E-state index in [0.717, 1.165) is 11.3 Å². The minimum Gasteiger partial charge on any atom is -0.491 e. The molecule has 0 bridgehead atoms. The lowest BCUT2D eigenvalue weighted by Crippen LogP contribution is -2.24. The van der Waals surface area contributed by atoms with E-state index < -0.39 is 6.10 Å². The number of para-hydroxylation sites is 1. The molecule has 0 amide bonds. The molecule has 1 rings (SSSR count). The Balaban J connectivity index is 2.26. The second-order valence-electron chi connectivity index (χ2n) is 3.53. The average molecular weight is 226 g/mol. The molecule has 0 heterocycles. The fraction of sp³-hybridized carbons (Fsp3) is 0.500. The standard InChI is InChI=1S/C12H18O4/c1-10-4-2-3-5-12(10)16-9-11(14)8-15-7-6-13/h2-5,11,13-14H,6-9H2,1H3. The topological polar surface area (TPSA) is 58.9 Å². The van der Waals surface area contributed by atoms with Crippen molar-refractivity contribution in [2.24, 2.45) is 0 Å². The van der Waals surface area contributed by atoms with Gasteiger partial charge >= 0.3 is 0 Å². The average Bonchev–Trinajstić information content (AvgIpc) is 2.28. The Kier molecular flexibility index (Phi) is 5.85. The second kappa shape index (κ2) is 7.22. The van der Waals surface area contributed by atoms with Crippen LogP contribution in [-0.2, 0) is 4.74 Å². The minimum absolute atomic E-state index is 0.0363. The van der Waals surface area contributed by atoms with Gasteiger partial charge in [0.2, 0.25) is 0 Å². The van der Waals surface area contributed by atoms with Gasteiger partial charge in [0.25, 0.3) is 0 Å². The molecule has 0 spiro atoms. The van der Waals surface area contributed by atoms with E-state index in [4.69, 9.17) is 14.6 Å². The van der Waals surface area contributed by atoms with E-state index in [-0.39, 0.29) is 26.4 Å². The smallest absolute Gasteiger partial charge is 0.122 e. The van der Waals surface area contributed by atoms with E-state index in [1.54, 1.807) is 0 Å². The molecule has 4 heteroatoms. The molecule has 0 aliphatic heterocycles. The summed E-state index contributed by atoms with van der Waals surface area (Å²) >= 11 is 0. The highest BCUT2D eigenvalue weighted by Crippen LogP contribution is 2.16. The third-order valence-corrected chi connectivity index (χ3v) is 2.07. The summed E-state index contributed by atoms with van der Waals surface area (Å²) in [6, 6.07) is 7.63. The van der Waals surface area contributed by atoms with Crippen molar-refractivity contribution in [3.8, 4) is 5.75 Å². The Morgan fingerprint density at radius 3 is 2.69 bits per heavy atom. The summed E-state index contributed by atoms with van der Waals surface area (Å²) in [6.45, 7) is 2.51. The van der Waals surface area contributed by atoms with Gasteiger partial charge in [0.05, 0.1) is 19.8 Å². The van der Waals surface area contributed by atoms with Crippen molar-refractivity contribution in [2.75, 3.05) is 26.4 Å². The Hall–Kier alpha value is -1.10. The largest absolute Gasteiger partial charge is 0.491 e. The first-order valence-electron chi connectivity index (χ1n) is 5.29. The highest BCUT2D eigenvalue weighted by Gasteiger charge is 2.06. The van der Waals surface area contributed by atoms with Crippen LogP contribution in [0.4, 0.5) is 0 Å². The Morgan fingerprint density at radius 1 is 1.25 bits per heavy atom. The van der Waals surface area contributed by atoms with Crippen LogP contribution in [0.15, 0.2) is 24.3 Å². The van der Waals surface area contributed by atoms with E-state index >= 15 is 0 Å². The summed E-state index contributed by atoms with van der Waals surface area (Å²) in [5.41, 5.74) is 1.03. The van der Waals surface area contributed by atoms with Crippen LogP contribution in [0.2, 0.25) is 0 Å². The predicted octanol–water partition coefficient (Wildman–Crippen LogP) is 0.744. The van der Waals surface area contributed by atoms with E-state index in [0.29, 0.717) is 0 Å². The lowest BCUT2D eigenvalue weighted by molar-refractivity contribution is 0.00124. The summed E-state index contributed by atoms with van der Waals surface area (Å²) in [5, 5.41) is 18.0. The SMILES string of the molecule is Cc1ccccc1OCC(O)COCCO.